The molecule has 2 aromatic heterocycles. The van der Waals surface area contributed by atoms with Crippen molar-refractivity contribution in [2.45, 2.75) is 33.9 Å². The van der Waals surface area contributed by atoms with Crippen LogP contribution in [-0.2, 0) is 6.54 Å². The zero-order valence-corrected chi connectivity index (χ0v) is 13.7. The van der Waals surface area contributed by atoms with Crippen molar-refractivity contribution >= 4 is 16.7 Å². The second kappa shape index (κ2) is 6.43. The molecule has 0 atom stereocenters. The molecule has 1 aromatic carbocycles. The first kappa shape index (κ1) is 16.2. The van der Waals surface area contributed by atoms with Crippen LogP contribution in [0, 0.1) is 20.8 Å². The molecule has 7 heteroatoms. The van der Waals surface area contributed by atoms with Gasteiger partial charge in [0.1, 0.15) is 5.75 Å². The number of pyridine rings is 1. The molecule has 24 heavy (non-hydrogen) atoms. The molecular formula is C17H18F2N4O. The smallest absolute Gasteiger partial charge is 0.387 e. The van der Waals surface area contributed by atoms with Gasteiger partial charge in [0, 0.05) is 23.2 Å². The average Bonchev–Trinajstić information content (AvgIpc) is 2.90. The molecule has 0 fully saturated rings. The van der Waals surface area contributed by atoms with E-state index in [-0.39, 0.29) is 5.75 Å². The summed E-state index contributed by atoms with van der Waals surface area (Å²) < 4.78 is 29.9. The van der Waals surface area contributed by atoms with E-state index in [0.717, 1.165) is 27.9 Å². The molecule has 0 aliphatic heterocycles. The summed E-state index contributed by atoms with van der Waals surface area (Å²) >= 11 is 0. The fraction of sp³-hybridized carbons (Fsp3) is 0.294. The van der Waals surface area contributed by atoms with E-state index in [1.807, 2.05) is 32.9 Å². The third-order valence-corrected chi connectivity index (χ3v) is 3.98. The quantitative estimate of drug-likeness (QED) is 0.738. The number of H-pyrrole nitrogens is 1. The lowest BCUT2D eigenvalue weighted by atomic mass is 10.0. The van der Waals surface area contributed by atoms with Gasteiger partial charge in [-0.15, -0.1) is 0 Å². The second-order valence-corrected chi connectivity index (χ2v) is 5.72. The number of hydrogen-bond acceptors (Lipinski definition) is 4. The van der Waals surface area contributed by atoms with Crippen LogP contribution in [0.25, 0.3) is 11.0 Å². The van der Waals surface area contributed by atoms with Crippen molar-refractivity contribution in [2.24, 2.45) is 0 Å². The van der Waals surface area contributed by atoms with Gasteiger partial charge in [-0.1, -0.05) is 6.07 Å². The van der Waals surface area contributed by atoms with Crippen molar-refractivity contribution in [3.8, 4) is 5.75 Å². The van der Waals surface area contributed by atoms with E-state index in [4.69, 9.17) is 0 Å². The Morgan fingerprint density at radius 3 is 2.67 bits per heavy atom. The summed E-state index contributed by atoms with van der Waals surface area (Å²) in [5, 5.41) is 11.1. The highest BCUT2D eigenvalue weighted by molar-refractivity contribution is 5.80. The maximum absolute atomic E-state index is 12.6. The van der Waals surface area contributed by atoms with Crippen LogP contribution in [-0.4, -0.2) is 21.8 Å². The van der Waals surface area contributed by atoms with E-state index in [9.17, 15) is 8.78 Å². The number of hydrogen-bond donors (Lipinski definition) is 2. The highest BCUT2D eigenvalue weighted by Crippen LogP contribution is 2.26. The standard InChI is InChI=1S/C17H18F2N4O/c1-9-4-12(15(5-10(9)2)24-17(18)19)7-20-13-6-14-11(3)22-23-16(14)21-8-13/h4-6,8,17,20H,7H2,1-3H3,(H,21,22,23). The summed E-state index contributed by atoms with van der Waals surface area (Å²) in [7, 11) is 0. The number of aryl methyl sites for hydroxylation is 3. The van der Waals surface area contributed by atoms with Crippen LogP contribution in [0.4, 0.5) is 14.5 Å². The largest absolute Gasteiger partial charge is 0.434 e. The van der Waals surface area contributed by atoms with Crippen LogP contribution in [0.3, 0.4) is 0 Å². The van der Waals surface area contributed by atoms with Crippen molar-refractivity contribution in [1.82, 2.24) is 15.2 Å². The van der Waals surface area contributed by atoms with Crippen LogP contribution in [0.1, 0.15) is 22.4 Å². The zero-order chi connectivity index (χ0) is 17.3. The number of nitrogens with zero attached hydrogens (tertiary/aromatic N) is 2. The highest BCUT2D eigenvalue weighted by Gasteiger charge is 2.12. The van der Waals surface area contributed by atoms with Gasteiger partial charge in [0.25, 0.3) is 0 Å². The molecule has 0 aliphatic rings. The monoisotopic (exact) mass is 332 g/mol. The molecule has 2 N–H and O–H groups in total. The minimum Gasteiger partial charge on any atom is -0.434 e. The summed E-state index contributed by atoms with van der Waals surface area (Å²) in [6.07, 6.45) is 1.66. The molecule has 0 aliphatic carbocycles. The number of nitrogens with one attached hydrogen (secondary N) is 2. The van der Waals surface area contributed by atoms with E-state index >= 15 is 0 Å². The molecule has 0 amide bonds. The first-order chi connectivity index (χ1) is 11.4. The minimum atomic E-state index is -2.85. The number of alkyl halides is 2. The lowest BCUT2D eigenvalue weighted by Crippen LogP contribution is -2.08. The molecule has 0 saturated heterocycles. The van der Waals surface area contributed by atoms with Gasteiger partial charge in [-0.3, -0.25) is 5.10 Å². The van der Waals surface area contributed by atoms with Crippen LogP contribution >= 0.6 is 0 Å². The van der Waals surface area contributed by atoms with Gasteiger partial charge in [0.15, 0.2) is 5.65 Å². The summed E-state index contributed by atoms with van der Waals surface area (Å²) in [6, 6.07) is 5.42. The van der Waals surface area contributed by atoms with Crippen LogP contribution in [0.5, 0.6) is 5.75 Å². The Morgan fingerprint density at radius 2 is 1.92 bits per heavy atom. The summed E-state index contributed by atoms with van der Waals surface area (Å²) in [6.45, 7) is 3.22. The van der Waals surface area contributed by atoms with Crippen molar-refractivity contribution in [3.63, 3.8) is 0 Å². The molecule has 3 rings (SSSR count). The molecule has 126 valence electrons. The lowest BCUT2D eigenvalue weighted by molar-refractivity contribution is -0.0504. The first-order valence-electron chi connectivity index (χ1n) is 7.53. The van der Waals surface area contributed by atoms with Crippen molar-refractivity contribution in [1.29, 1.82) is 0 Å². The van der Waals surface area contributed by atoms with Crippen LogP contribution < -0.4 is 10.1 Å². The molecule has 0 radical (unpaired) electrons. The van der Waals surface area contributed by atoms with E-state index in [2.05, 4.69) is 25.2 Å². The molecule has 2 heterocycles. The number of fused-ring (bicyclic) bond motifs is 1. The molecule has 0 spiro atoms. The van der Waals surface area contributed by atoms with Crippen LogP contribution in [0.2, 0.25) is 0 Å². The van der Waals surface area contributed by atoms with Gasteiger partial charge in [0.05, 0.1) is 11.9 Å². The molecule has 3 aromatic rings. The van der Waals surface area contributed by atoms with Gasteiger partial charge in [-0.25, -0.2) is 4.98 Å². The number of aromatic nitrogens is 3. The molecule has 0 bridgehead atoms. The predicted molar refractivity (Wildman–Crippen MR) is 88.5 cm³/mol. The Kier molecular flexibility index (Phi) is 4.33. The van der Waals surface area contributed by atoms with Gasteiger partial charge in [0.2, 0.25) is 0 Å². The lowest BCUT2D eigenvalue weighted by Gasteiger charge is -2.14. The van der Waals surface area contributed by atoms with Gasteiger partial charge in [-0.2, -0.15) is 13.9 Å². The van der Waals surface area contributed by atoms with E-state index < -0.39 is 6.61 Å². The summed E-state index contributed by atoms with van der Waals surface area (Å²) in [4.78, 5) is 4.26. The topological polar surface area (TPSA) is 62.8 Å². The molecule has 0 saturated carbocycles. The van der Waals surface area contributed by atoms with Crippen molar-refractivity contribution in [2.75, 3.05) is 5.32 Å². The fourth-order valence-electron chi connectivity index (χ4n) is 2.51. The van der Waals surface area contributed by atoms with E-state index in [1.54, 1.807) is 12.3 Å². The number of ether oxygens (including phenoxy) is 1. The average molecular weight is 332 g/mol. The predicted octanol–water partition coefficient (Wildman–Crippen LogP) is 4.10. The molecular weight excluding hydrogens is 314 g/mol. The Hall–Kier alpha value is -2.70. The van der Waals surface area contributed by atoms with Gasteiger partial charge < -0.3 is 10.1 Å². The Bertz CT molecular complexity index is 876. The third kappa shape index (κ3) is 3.29. The number of halogens is 2. The van der Waals surface area contributed by atoms with E-state index in [1.165, 1.54) is 0 Å². The minimum absolute atomic E-state index is 0.189. The van der Waals surface area contributed by atoms with Gasteiger partial charge >= 0.3 is 6.61 Å². The molecule has 5 nitrogen and oxygen atoms in total. The van der Waals surface area contributed by atoms with Crippen LogP contribution in [0.15, 0.2) is 24.4 Å². The number of benzene rings is 1. The second-order valence-electron chi connectivity index (χ2n) is 5.72. The Balaban J connectivity index is 1.84. The first-order valence-corrected chi connectivity index (χ1v) is 7.53. The number of anilines is 1. The maximum Gasteiger partial charge on any atom is 0.387 e. The third-order valence-electron chi connectivity index (χ3n) is 3.98. The van der Waals surface area contributed by atoms with Crippen molar-refractivity contribution < 1.29 is 13.5 Å². The normalized spacial score (nSPS) is 11.2. The number of rotatable bonds is 5. The van der Waals surface area contributed by atoms with E-state index in [0.29, 0.717) is 17.8 Å². The fourth-order valence-corrected chi connectivity index (χ4v) is 2.51. The summed E-state index contributed by atoms with van der Waals surface area (Å²) in [5.41, 5.74) is 4.95. The maximum atomic E-state index is 12.6. The van der Waals surface area contributed by atoms with Crippen molar-refractivity contribution in [3.05, 3.63) is 46.8 Å². The SMILES string of the molecule is Cc1cc(CNc2cnc3n[nH]c(C)c3c2)c(OC(F)F)cc1C. The Morgan fingerprint density at radius 1 is 1.17 bits per heavy atom. The highest BCUT2D eigenvalue weighted by atomic mass is 19.3. The van der Waals surface area contributed by atoms with Gasteiger partial charge in [-0.05, 0) is 44.0 Å². The molecule has 0 unspecified atom stereocenters. The number of aromatic amines is 1. The Labute approximate surface area is 138 Å². The zero-order valence-electron chi connectivity index (χ0n) is 13.7. The summed E-state index contributed by atoms with van der Waals surface area (Å²) in [5.74, 6) is 0.189.